The molecule has 5 heteroatoms. The second-order valence-corrected chi connectivity index (χ2v) is 7.57. The third-order valence-electron chi connectivity index (χ3n) is 4.97. The first-order chi connectivity index (χ1) is 13.9. The average Bonchev–Trinajstić information content (AvgIpc) is 3.03. The molecule has 29 heavy (non-hydrogen) atoms. The van der Waals surface area contributed by atoms with Gasteiger partial charge in [0.2, 0.25) is 5.91 Å². The highest BCUT2D eigenvalue weighted by Crippen LogP contribution is 2.26. The summed E-state index contributed by atoms with van der Waals surface area (Å²) in [6.45, 7) is 8.15. The Morgan fingerprint density at radius 2 is 1.72 bits per heavy atom. The van der Waals surface area contributed by atoms with Gasteiger partial charge in [0.05, 0.1) is 17.6 Å². The number of nitrogens with one attached hydrogen (secondary N) is 1. The summed E-state index contributed by atoms with van der Waals surface area (Å²) in [5.41, 5.74) is 6.23. The van der Waals surface area contributed by atoms with E-state index in [1.54, 1.807) is 4.68 Å². The van der Waals surface area contributed by atoms with Crippen LogP contribution < -0.4 is 5.32 Å². The SMILES string of the molecule is Cc1cc(C)c2nc(-n3nc(C)cc3NC(=O)Cc3ccccc3)cc(C)c2c1. The third kappa shape index (κ3) is 3.90. The van der Waals surface area contributed by atoms with Gasteiger partial charge < -0.3 is 5.32 Å². The molecule has 1 amide bonds. The second kappa shape index (κ2) is 7.51. The number of carbonyl (C=O) groups excluding carboxylic acids is 1. The Hall–Kier alpha value is -3.47. The lowest BCUT2D eigenvalue weighted by atomic mass is 10.0. The molecule has 146 valence electrons. The van der Waals surface area contributed by atoms with E-state index in [1.165, 1.54) is 5.56 Å². The van der Waals surface area contributed by atoms with Gasteiger partial charge in [0.15, 0.2) is 5.82 Å². The monoisotopic (exact) mass is 384 g/mol. The highest BCUT2D eigenvalue weighted by molar-refractivity contribution is 5.92. The summed E-state index contributed by atoms with van der Waals surface area (Å²) < 4.78 is 1.71. The van der Waals surface area contributed by atoms with Gasteiger partial charge in [-0.2, -0.15) is 9.78 Å². The smallest absolute Gasteiger partial charge is 0.229 e. The lowest BCUT2D eigenvalue weighted by molar-refractivity contribution is -0.115. The average molecular weight is 384 g/mol. The zero-order valence-corrected chi connectivity index (χ0v) is 17.2. The van der Waals surface area contributed by atoms with Gasteiger partial charge in [0, 0.05) is 11.5 Å². The van der Waals surface area contributed by atoms with Crippen LogP contribution in [-0.4, -0.2) is 20.7 Å². The number of rotatable bonds is 4. The number of hydrogen-bond donors (Lipinski definition) is 1. The minimum absolute atomic E-state index is 0.0818. The van der Waals surface area contributed by atoms with Gasteiger partial charge in [-0.3, -0.25) is 4.79 Å². The molecule has 0 saturated heterocycles. The third-order valence-corrected chi connectivity index (χ3v) is 4.97. The molecular weight excluding hydrogens is 360 g/mol. The molecule has 0 unspecified atom stereocenters. The van der Waals surface area contributed by atoms with Crippen molar-refractivity contribution >= 4 is 22.6 Å². The number of carbonyl (C=O) groups is 1. The first kappa shape index (κ1) is 18.9. The van der Waals surface area contributed by atoms with Gasteiger partial charge in [-0.15, -0.1) is 0 Å². The number of hydrogen-bond acceptors (Lipinski definition) is 3. The Balaban J connectivity index is 1.70. The van der Waals surface area contributed by atoms with Gasteiger partial charge in [0.1, 0.15) is 5.82 Å². The van der Waals surface area contributed by atoms with Crippen LogP contribution in [0.2, 0.25) is 0 Å². The van der Waals surface area contributed by atoms with Crippen LogP contribution in [0.4, 0.5) is 5.82 Å². The molecule has 0 aliphatic rings. The number of fused-ring (bicyclic) bond motifs is 1. The molecule has 4 aromatic rings. The molecule has 2 aromatic carbocycles. The zero-order valence-electron chi connectivity index (χ0n) is 17.2. The van der Waals surface area contributed by atoms with E-state index in [9.17, 15) is 4.79 Å². The molecule has 0 saturated carbocycles. The van der Waals surface area contributed by atoms with Crippen molar-refractivity contribution in [2.75, 3.05) is 5.32 Å². The highest BCUT2D eigenvalue weighted by Gasteiger charge is 2.14. The van der Waals surface area contributed by atoms with Crippen LogP contribution in [0.25, 0.3) is 16.7 Å². The van der Waals surface area contributed by atoms with Gasteiger partial charge >= 0.3 is 0 Å². The first-order valence-electron chi connectivity index (χ1n) is 9.70. The maximum Gasteiger partial charge on any atom is 0.229 e. The maximum absolute atomic E-state index is 12.6. The summed E-state index contributed by atoms with van der Waals surface area (Å²) in [4.78, 5) is 17.4. The van der Waals surface area contributed by atoms with Crippen molar-refractivity contribution in [1.82, 2.24) is 14.8 Å². The van der Waals surface area contributed by atoms with E-state index in [0.29, 0.717) is 18.1 Å². The first-order valence-corrected chi connectivity index (χ1v) is 9.70. The Morgan fingerprint density at radius 3 is 2.48 bits per heavy atom. The topological polar surface area (TPSA) is 59.8 Å². The van der Waals surface area contributed by atoms with E-state index >= 15 is 0 Å². The standard InChI is InChI=1S/C24H24N4O/c1-15-10-17(3)24-20(11-15)16(2)12-21(26-24)28-22(13-18(4)27-28)25-23(29)14-19-8-6-5-7-9-19/h5-13H,14H2,1-4H3,(H,25,29). The molecule has 0 spiro atoms. The number of nitrogens with zero attached hydrogens (tertiary/aromatic N) is 3. The minimum atomic E-state index is -0.0818. The number of pyridine rings is 1. The van der Waals surface area contributed by atoms with Crippen molar-refractivity contribution in [3.05, 3.63) is 82.5 Å². The molecule has 0 fully saturated rings. The number of benzene rings is 2. The molecule has 0 aliphatic carbocycles. The molecule has 0 bridgehead atoms. The van der Waals surface area contributed by atoms with Crippen LogP contribution in [0.5, 0.6) is 0 Å². The summed E-state index contributed by atoms with van der Waals surface area (Å²) in [7, 11) is 0. The van der Waals surface area contributed by atoms with Crippen molar-refractivity contribution in [3.8, 4) is 5.82 Å². The number of aryl methyl sites for hydroxylation is 4. The van der Waals surface area contributed by atoms with Gasteiger partial charge in [-0.25, -0.2) is 4.98 Å². The van der Waals surface area contributed by atoms with Crippen molar-refractivity contribution in [2.24, 2.45) is 0 Å². The van der Waals surface area contributed by atoms with Gasteiger partial charge in [-0.1, -0.05) is 42.0 Å². The summed E-state index contributed by atoms with van der Waals surface area (Å²) in [6.07, 6.45) is 0.313. The lowest BCUT2D eigenvalue weighted by Gasteiger charge is -2.12. The van der Waals surface area contributed by atoms with E-state index < -0.39 is 0 Å². The number of anilines is 1. The predicted octanol–water partition coefficient (Wildman–Crippen LogP) is 4.84. The largest absolute Gasteiger partial charge is 0.310 e. The van der Waals surface area contributed by atoms with Crippen LogP contribution in [0, 0.1) is 27.7 Å². The summed E-state index contributed by atoms with van der Waals surface area (Å²) in [5.74, 6) is 1.24. The normalized spacial score (nSPS) is 11.0. The quantitative estimate of drug-likeness (QED) is 0.548. The van der Waals surface area contributed by atoms with Crippen LogP contribution in [0.3, 0.4) is 0 Å². The van der Waals surface area contributed by atoms with Crippen molar-refractivity contribution < 1.29 is 4.79 Å². The van der Waals surface area contributed by atoms with E-state index in [2.05, 4.69) is 43.3 Å². The van der Waals surface area contributed by atoms with Crippen molar-refractivity contribution in [2.45, 2.75) is 34.1 Å². The van der Waals surface area contributed by atoms with E-state index in [0.717, 1.165) is 33.3 Å². The number of aromatic nitrogens is 3. The van der Waals surface area contributed by atoms with Gasteiger partial charge in [-0.05, 0) is 56.5 Å². The molecule has 0 aliphatic heterocycles. The van der Waals surface area contributed by atoms with Crippen LogP contribution in [-0.2, 0) is 11.2 Å². The Kier molecular flexibility index (Phi) is 4.89. The number of amides is 1. The summed E-state index contributed by atoms with van der Waals surface area (Å²) in [5, 5.41) is 8.71. The van der Waals surface area contributed by atoms with E-state index in [-0.39, 0.29) is 5.91 Å². The molecule has 1 N–H and O–H groups in total. The van der Waals surface area contributed by atoms with Crippen LogP contribution in [0.1, 0.15) is 27.9 Å². The molecule has 4 rings (SSSR count). The summed E-state index contributed by atoms with van der Waals surface area (Å²) >= 11 is 0. The molecule has 2 aromatic heterocycles. The Morgan fingerprint density at radius 1 is 0.966 bits per heavy atom. The van der Waals surface area contributed by atoms with Gasteiger partial charge in [0.25, 0.3) is 0 Å². The van der Waals surface area contributed by atoms with E-state index in [1.807, 2.05) is 49.4 Å². The molecule has 5 nitrogen and oxygen atoms in total. The van der Waals surface area contributed by atoms with Crippen molar-refractivity contribution in [3.63, 3.8) is 0 Å². The Labute approximate surface area is 170 Å². The molecule has 2 heterocycles. The maximum atomic E-state index is 12.6. The van der Waals surface area contributed by atoms with Crippen LogP contribution in [0.15, 0.2) is 54.6 Å². The predicted molar refractivity (Wildman–Crippen MR) is 117 cm³/mol. The van der Waals surface area contributed by atoms with E-state index in [4.69, 9.17) is 4.98 Å². The summed E-state index contributed by atoms with van der Waals surface area (Å²) in [6, 6.07) is 17.9. The second-order valence-electron chi connectivity index (χ2n) is 7.57. The fourth-order valence-corrected chi connectivity index (χ4v) is 3.67. The molecule has 0 atom stereocenters. The van der Waals surface area contributed by atoms with Crippen molar-refractivity contribution in [1.29, 1.82) is 0 Å². The Bertz CT molecular complexity index is 1210. The molecular formula is C24H24N4O. The lowest BCUT2D eigenvalue weighted by Crippen LogP contribution is -2.17. The molecule has 0 radical (unpaired) electrons. The minimum Gasteiger partial charge on any atom is -0.310 e. The fourth-order valence-electron chi connectivity index (χ4n) is 3.67. The fraction of sp³-hybridized carbons (Fsp3) is 0.208. The zero-order chi connectivity index (χ0) is 20.5. The highest BCUT2D eigenvalue weighted by atomic mass is 16.1. The van der Waals surface area contributed by atoms with Crippen LogP contribution >= 0.6 is 0 Å².